The van der Waals surface area contributed by atoms with Crippen LogP contribution in [-0.4, -0.2) is 29.3 Å². The number of hydrogen-bond acceptors (Lipinski definition) is 4. The molecule has 0 aliphatic rings. The maximum absolute atomic E-state index is 8.84. The van der Waals surface area contributed by atoms with Crippen molar-refractivity contribution >= 4 is 11.8 Å². The fourth-order valence-corrected chi connectivity index (χ4v) is 1.94. The summed E-state index contributed by atoms with van der Waals surface area (Å²) in [4.78, 5) is 0. The summed E-state index contributed by atoms with van der Waals surface area (Å²) in [5, 5.41) is 17.6. The quantitative estimate of drug-likeness (QED) is 0.755. The standard InChI is InChI=1S/C13H17NO2S/c1-11(10-15)17-9-8-16-13-4-2-12(3-5-13)6-7-14/h2-5,11,15H,6,8-10H2,1H3. The van der Waals surface area contributed by atoms with E-state index >= 15 is 0 Å². The summed E-state index contributed by atoms with van der Waals surface area (Å²) in [5.41, 5.74) is 1.00. The molecule has 0 aliphatic heterocycles. The molecule has 0 amide bonds. The van der Waals surface area contributed by atoms with Crippen LogP contribution in [-0.2, 0) is 6.42 Å². The van der Waals surface area contributed by atoms with Gasteiger partial charge in [-0.25, -0.2) is 0 Å². The first-order chi connectivity index (χ1) is 8.26. The summed E-state index contributed by atoms with van der Waals surface area (Å²) in [6.07, 6.45) is 0.435. The van der Waals surface area contributed by atoms with Crippen molar-refractivity contribution in [2.75, 3.05) is 19.0 Å². The Hall–Kier alpha value is -1.18. The Balaban J connectivity index is 2.25. The maximum atomic E-state index is 8.84. The smallest absolute Gasteiger partial charge is 0.119 e. The van der Waals surface area contributed by atoms with Crippen LogP contribution in [0.3, 0.4) is 0 Å². The predicted molar refractivity (Wildman–Crippen MR) is 70.3 cm³/mol. The molecule has 92 valence electrons. The molecule has 0 saturated carbocycles. The van der Waals surface area contributed by atoms with Crippen LogP contribution in [0, 0.1) is 11.3 Å². The van der Waals surface area contributed by atoms with E-state index in [1.54, 1.807) is 11.8 Å². The molecule has 0 spiro atoms. The minimum Gasteiger partial charge on any atom is -0.493 e. The molecular weight excluding hydrogens is 234 g/mol. The van der Waals surface area contributed by atoms with Crippen molar-refractivity contribution in [1.29, 1.82) is 5.26 Å². The van der Waals surface area contributed by atoms with Gasteiger partial charge in [-0.3, -0.25) is 0 Å². The molecule has 1 aromatic rings. The molecule has 3 nitrogen and oxygen atoms in total. The van der Waals surface area contributed by atoms with E-state index in [0.717, 1.165) is 17.1 Å². The van der Waals surface area contributed by atoms with E-state index in [-0.39, 0.29) is 11.9 Å². The van der Waals surface area contributed by atoms with Crippen LogP contribution in [0.5, 0.6) is 5.75 Å². The van der Waals surface area contributed by atoms with Crippen LogP contribution < -0.4 is 4.74 Å². The number of benzene rings is 1. The van der Waals surface area contributed by atoms with Gasteiger partial charge in [0.1, 0.15) is 5.75 Å². The maximum Gasteiger partial charge on any atom is 0.119 e. The SMILES string of the molecule is CC(CO)SCCOc1ccc(CC#N)cc1. The van der Waals surface area contributed by atoms with Gasteiger partial charge in [-0.1, -0.05) is 19.1 Å². The molecule has 0 bridgehead atoms. The second-order valence-corrected chi connectivity index (χ2v) is 5.24. The van der Waals surface area contributed by atoms with Crippen LogP contribution in [0.25, 0.3) is 0 Å². The highest BCUT2D eigenvalue weighted by atomic mass is 32.2. The Morgan fingerprint density at radius 1 is 1.41 bits per heavy atom. The van der Waals surface area contributed by atoms with Gasteiger partial charge in [0.15, 0.2) is 0 Å². The predicted octanol–water partition coefficient (Wildman–Crippen LogP) is 2.25. The highest BCUT2D eigenvalue weighted by Gasteiger charge is 2.00. The van der Waals surface area contributed by atoms with Gasteiger partial charge in [0.05, 0.1) is 25.7 Å². The highest BCUT2D eigenvalue weighted by molar-refractivity contribution is 7.99. The summed E-state index contributed by atoms with van der Waals surface area (Å²) in [5.74, 6) is 1.69. The molecule has 17 heavy (non-hydrogen) atoms. The van der Waals surface area contributed by atoms with Crippen LogP contribution in [0.1, 0.15) is 12.5 Å². The zero-order valence-electron chi connectivity index (χ0n) is 9.93. The molecule has 0 aliphatic carbocycles. The zero-order chi connectivity index (χ0) is 12.5. The summed E-state index contributed by atoms with van der Waals surface area (Å²) < 4.78 is 5.55. The fraction of sp³-hybridized carbons (Fsp3) is 0.462. The average molecular weight is 251 g/mol. The van der Waals surface area contributed by atoms with Crippen LogP contribution in [0.15, 0.2) is 24.3 Å². The second-order valence-electron chi connectivity index (χ2n) is 3.69. The van der Waals surface area contributed by atoms with E-state index in [0.29, 0.717) is 13.0 Å². The molecule has 1 N–H and O–H groups in total. The van der Waals surface area contributed by atoms with Crippen LogP contribution >= 0.6 is 11.8 Å². The number of ether oxygens (including phenoxy) is 1. The molecule has 0 fully saturated rings. The lowest BCUT2D eigenvalue weighted by molar-refractivity contribution is 0.299. The van der Waals surface area contributed by atoms with Gasteiger partial charge in [0.25, 0.3) is 0 Å². The highest BCUT2D eigenvalue weighted by Crippen LogP contribution is 2.14. The van der Waals surface area contributed by atoms with Crippen molar-refractivity contribution in [1.82, 2.24) is 0 Å². The number of aliphatic hydroxyl groups is 1. The van der Waals surface area contributed by atoms with E-state index in [2.05, 4.69) is 6.07 Å². The van der Waals surface area contributed by atoms with Crippen LogP contribution in [0.2, 0.25) is 0 Å². The van der Waals surface area contributed by atoms with Crippen molar-refractivity contribution in [2.45, 2.75) is 18.6 Å². The first-order valence-electron chi connectivity index (χ1n) is 5.57. The molecule has 1 unspecified atom stereocenters. The molecule has 0 radical (unpaired) electrons. The van der Waals surface area contributed by atoms with Gasteiger partial charge in [-0.05, 0) is 17.7 Å². The average Bonchev–Trinajstić information content (AvgIpc) is 2.36. The van der Waals surface area contributed by atoms with Crippen molar-refractivity contribution in [2.24, 2.45) is 0 Å². The van der Waals surface area contributed by atoms with E-state index in [4.69, 9.17) is 15.1 Å². The fourth-order valence-electron chi connectivity index (χ4n) is 1.26. The lowest BCUT2D eigenvalue weighted by Crippen LogP contribution is -2.07. The molecule has 0 heterocycles. The Morgan fingerprint density at radius 3 is 2.71 bits per heavy atom. The number of hydrogen-bond donors (Lipinski definition) is 1. The van der Waals surface area contributed by atoms with Gasteiger partial charge in [-0.2, -0.15) is 17.0 Å². The zero-order valence-corrected chi connectivity index (χ0v) is 10.7. The van der Waals surface area contributed by atoms with Gasteiger partial charge in [-0.15, -0.1) is 0 Å². The molecular formula is C13H17NO2S. The lowest BCUT2D eigenvalue weighted by Gasteiger charge is -2.09. The van der Waals surface area contributed by atoms with E-state index in [1.165, 1.54) is 0 Å². The van der Waals surface area contributed by atoms with Crippen molar-refractivity contribution in [3.05, 3.63) is 29.8 Å². The molecule has 4 heteroatoms. The molecule has 0 aromatic heterocycles. The Kier molecular flexibility index (Phi) is 6.53. The number of aliphatic hydroxyl groups excluding tert-OH is 1. The third kappa shape index (κ3) is 5.62. The monoisotopic (exact) mass is 251 g/mol. The summed E-state index contributed by atoms with van der Waals surface area (Å²) in [6, 6.07) is 9.68. The Morgan fingerprint density at radius 2 is 2.12 bits per heavy atom. The van der Waals surface area contributed by atoms with Gasteiger partial charge in [0, 0.05) is 11.0 Å². The van der Waals surface area contributed by atoms with E-state index < -0.39 is 0 Å². The molecule has 1 rings (SSSR count). The van der Waals surface area contributed by atoms with E-state index in [1.807, 2.05) is 31.2 Å². The van der Waals surface area contributed by atoms with Crippen molar-refractivity contribution < 1.29 is 9.84 Å². The number of nitrogens with zero attached hydrogens (tertiary/aromatic N) is 1. The Bertz CT molecular complexity index is 359. The second kappa shape index (κ2) is 7.99. The topological polar surface area (TPSA) is 53.2 Å². The normalized spacial score (nSPS) is 11.8. The lowest BCUT2D eigenvalue weighted by atomic mass is 10.2. The first kappa shape index (κ1) is 13.9. The summed E-state index contributed by atoms with van der Waals surface area (Å²) in [7, 11) is 0. The minimum atomic E-state index is 0.202. The third-order valence-electron chi connectivity index (χ3n) is 2.22. The summed E-state index contributed by atoms with van der Waals surface area (Å²) >= 11 is 1.69. The summed E-state index contributed by atoms with van der Waals surface area (Å²) in [6.45, 7) is 2.82. The van der Waals surface area contributed by atoms with Crippen LogP contribution in [0.4, 0.5) is 0 Å². The van der Waals surface area contributed by atoms with Crippen molar-refractivity contribution in [3.63, 3.8) is 0 Å². The first-order valence-corrected chi connectivity index (χ1v) is 6.62. The third-order valence-corrected chi connectivity index (χ3v) is 3.34. The Labute approximate surface area is 106 Å². The number of nitriles is 1. The number of rotatable bonds is 7. The van der Waals surface area contributed by atoms with Gasteiger partial charge < -0.3 is 9.84 Å². The number of thioether (sulfide) groups is 1. The van der Waals surface area contributed by atoms with Crippen molar-refractivity contribution in [3.8, 4) is 11.8 Å². The molecule has 0 saturated heterocycles. The molecule has 1 atom stereocenters. The molecule has 1 aromatic carbocycles. The minimum absolute atomic E-state index is 0.202. The largest absolute Gasteiger partial charge is 0.493 e. The van der Waals surface area contributed by atoms with Gasteiger partial charge in [0.2, 0.25) is 0 Å². The van der Waals surface area contributed by atoms with E-state index in [9.17, 15) is 0 Å². The van der Waals surface area contributed by atoms with Gasteiger partial charge >= 0.3 is 0 Å².